The van der Waals surface area contributed by atoms with E-state index in [1.807, 2.05) is 0 Å². The zero-order chi connectivity index (χ0) is 15.0. The summed E-state index contributed by atoms with van der Waals surface area (Å²) in [4.78, 5) is 11.6. The molecule has 1 saturated heterocycles. The van der Waals surface area contributed by atoms with Crippen molar-refractivity contribution < 1.29 is 42.9 Å². The van der Waals surface area contributed by atoms with Crippen molar-refractivity contribution in [2.24, 2.45) is 5.73 Å². The van der Waals surface area contributed by atoms with Crippen LogP contribution in [0.5, 0.6) is 0 Å². The highest BCUT2D eigenvalue weighted by Crippen LogP contribution is 2.28. The lowest BCUT2D eigenvalue weighted by Crippen LogP contribution is -2.71. The van der Waals surface area contributed by atoms with E-state index in [1.54, 1.807) is 0 Å². The maximum atomic E-state index is 11.6. The summed E-state index contributed by atoms with van der Waals surface area (Å²) in [7, 11) is -4.74. The molecule has 0 aliphatic carbocycles. The van der Waals surface area contributed by atoms with Gasteiger partial charge in [-0.25, -0.2) is 0 Å². The highest BCUT2D eigenvalue weighted by atomic mass is 32.2. The lowest BCUT2D eigenvalue weighted by atomic mass is 9.89. The van der Waals surface area contributed by atoms with Gasteiger partial charge in [-0.3, -0.25) is 9.35 Å². The summed E-state index contributed by atoms with van der Waals surface area (Å²) in [6.07, 6.45) is -5.04. The molecule has 1 aliphatic heterocycles. The van der Waals surface area contributed by atoms with Gasteiger partial charge in [-0.2, -0.15) is 8.42 Å². The van der Waals surface area contributed by atoms with Crippen LogP contribution in [0, 0.1) is 0 Å². The van der Waals surface area contributed by atoms with Crippen LogP contribution in [0.1, 0.15) is 0 Å². The Morgan fingerprint density at radius 2 is 1.84 bits per heavy atom. The van der Waals surface area contributed by atoms with Gasteiger partial charge in [0.15, 0.2) is 0 Å². The number of ketones is 1. The Morgan fingerprint density at radius 3 is 2.26 bits per heavy atom. The van der Waals surface area contributed by atoms with Gasteiger partial charge >= 0.3 is 0 Å². The lowest BCUT2D eigenvalue weighted by molar-refractivity contribution is -0.296. The monoisotopic (exact) mass is 301 g/mol. The Balaban J connectivity index is 3.04. The van der Waals surface area contributed by atoms with Gasteiger partial charge in [0, 0.05) is 0 Å². The van der Waals surface area contributed by atoms with Crippen molar-refractivity contribution in [1.29, 1.82) is 0 Å². The van der Waals surface area contributed by atoms with E-state index < -0.39 is 58.4 Å². The molecule has 0 amide bonds. The molecule has 5 atom stereocenters. The van der Waals surface area contributed by atoms with Gasteiger partial charge in [-0.15, -0.1) is 0 Å². The van der Waals surface area contributed by atoms with E-state index in [4.69, 9.17) is 15.4 Å². The van der Waals surface area contributed by atoms with Crippen LogP contribution in [-0.2, 0) is 19.6 Å². The molecule has 1 fully saturated rings. The van der Waals surface area contributed by atoms with Crippen LogP contribution >= 0.6 is 0 Å². The SMILES string of the molecule is N[C@@H]1[C@@H](O)[C@H](O)[C@@H](CO)O[C@@]1(O)C(=O)CS(=O)(=O)O. The molecule has 0 radical (unpaired) electrons. The van der Waals surface area contributed by atoms with Crippen LogP contribution in [0.4, 0.5) is 0 Å². The molecule has 0 aromatic carbocycles. The van der Waals surface area contributed by atoms with Gasteiger partial charge in [0.25, 0.3) is 10.1 Å². The zero-order valence-electron chi connectivity index (χ0n) is 9.58. The molecule has 11 heteroatoms. The van der Waals surface area contributed by atoms with Crippen molar-refractivity contribution in [2.45, 2.75) is 30.1 Å². The minimum Gasteiger partial charge on any atom is -0.394 e. The summed E-state index contributed by atoms with van der Waals surface area (Å²) < 4.78 is 34.4. The average Bonchev–Trinajstić information content (AvgIpc) is 2.29. The number of Topliss-reactive ketones (excluding diaryl/α,β-unsaturated/α-hetero) is 1. The van der Waals surface area contributed by atoms with E-state index in [2.05, 4.69) is 4.74 Å². The van der Waals surface area contributed by atoms with Crippen molar-refractivity contribution in [3.05, 3.63) is 0 Å². The van der Waals surface area contributed by atoms with E-state index in [0.29, 0.717) is 0 Å². The quantitative estimate of drug-likeness (QED) is 0.276. The smallest absolute Gasteiger partial charge is 0.272 e. The molecule has 0 aromatic rings. The van der Waals surface area contributed by atoms with Crippen LogP contribution in [0.15, 0.2) is 0 Å². The second-order valence-electron chi connectivity index (χ2n) is 4.19. The van der Waals surface area contributed by atoms with E-state index in [0.717, 1.165) is 0 Å². The normalized spacial score (nSPS) is 40.1. The third-order valence-corrected chi connectivity index (χ3v) is 3.40. The molecule has 0 spiro atoms. The number of nitrogens with two attached hydrogens (primary N) is 1. The molecule has 10 nitrogen and oxygen atoms in total. The lowest BCUT2D eigenvalue weighted by Gasteiger charge is -2.44. The van der Waals surface area contributed by atoms with Gasteiger partial charge in [-0.05, 0) is 0 Å². The summed E-state index contributed by atoms with van der Waals surface area (Å²) in [6.45, 7) is -0.855. The number of aliphatic hydroxyl groups is 4. The highest BCUT2D eigenvalue weighted by molar-refractivity contribution is 7.86. The standard InChI is InChI=1S/C8H15NO9S/c9-7-6(13)5(12)3(1-10)18-8(7,14)4(11)2-19(15,16)17/h3,5-7,10,12-14H,1-2,9H2,(H,15,16,17)/t3-,5-,6+,7-,8+/m1/s1. The molecule has 0 saturated carbocycles. The van der Waals surface area contributed by atoms with Crippen molar-refractivity contribution >= 4 is 15.9 Å². The molecule has 0 unspecified atom stereocenters. The Hall–Kier alpha value is -0.660. The van der Waals surface area contributed by atoms with Crippen molar-refractivity contribution in [3.63, 3.8) is 0 Å². The van der Waals surface area contributed by atoms with Gasteiger partial charge < -0.3 is 30.9 Å². The Morgan fingerprint density at radius 1 is 1.32 bits per heavy atom. The Bertz CT molecular complexity index is 449. The molecule has 7 N–H and O–H groups in total. The van der Waals surface area contributed by atoms with Crippen molar-refractivity contribution in [3.8, 4) is 0 Å². The molecule has 1 rings (SSSR count). The van der Waals surface area contributed by atoms with E-state index >= 15 is 0 Å². The summed E-state index contributed by atoms with van der Waals surface area (Å²) in [5.41, 5.74) is 5.32. The van der Waals surface area contributed by atoms with Crippen molar-refractivity contribution in [2.75, 3.05) is 12.4 Å². The fourth-order valence-corrected chi connectivity index (χ4v) is 2.25. The van der Waals surface area contributed by atoms with Gasteiger partial charge in [0.05, 0.1) is 12.6 Å². The molecular formula is C8H15NO9S. The first-order valence-corrected chi connectivity index (χ1v) is 6.75. The third kappa shape index (κ3) is 3.27. The molecule has 0 bridgehead atoms. The van der Waals surface area contributed by atoms with E-state index in [-0.39, 0.29) is 0 Å². The van der Waals surface area contributed by atoms with Crippen LogP contribution in [0.2, 0.25) is 0 Å². The largest absolute Gasteiger partial charge is 0.394 e. The Kier molecular flexibility index (Phi) is 4.64. The molecule has 0 aromatic heterocycles. The first-order chi connectivity index (χ1) is 8.53. The summed E-state index contributed by atoms with van der Waals surface area (Å²) >= 11 is 0. The number of carbonyl (C=O) groups excluding carboxylic acids is 1. The minimum atomic E-state index is -4.74. The van der Waals surface area contributed by atoms with E-state index in [9.17, 15) is 28.5 Å². The molecule has 1 heterocycles. The van der Waals surface area contributed by atoms with Crippen LogP contribution in [0.25, 0.3) is 0 Å². The maximum Gasteiger partial charge on any atom is 0.272 e. The first kappa shape index (κ1) is 16.4. The molecule has 1 aliphatic rings. The number of hydrogen-bond acceptors (Lipinski definition) is 9. The predicted molar refractivity (Wildman–Crippen MR) is 58.3 cm³/mol. The number of carbonyl (C=O) groups is 1. The first-order valence-electron chi connectivity index (χ1n) is 5.14. The summed E-state index contributed by atoms with van der Waals surface area (Å²) in [5.74, 6) is -5.95. The van der Waals surface area contributed by atoms with Crippen LogP contribution in [0.3, 0.4) is 0 Å². The number of ether oxygens (including phenoxy) is 1. The van der Waals surface area contributed by atoms with Gasteiger partial charge in [0.1, 0.15) is 24.1 Å². The van der Waals surface area contributed by atoms with Gasteiger partial charge in [-0.1, -0.05) is 0 Å². The summed E-state index contributed by atoms with van der Waals surface area (Å²) in [5, 5.41) is 37.8. The number of rotatable bonds is 4. The minimum absolute atomic E-state index is 0.855. The molecule has 19 heavy (non-hydrogen) atoms. The summed E-state index contributed by atoms with van der Waals surface area (Å²) in [6, 6.07) is -1.85. The highest BCUT2D eigenvalue weighted by Gasteiger charge is 2.56. The zero-order valence-corrected chi connectivity index (χ0v) is 10.4. The van der Waals surface area contributed by atoms with Crippen LogP contribution < -0.4 is 5.73 Å². The predicted octanol–water partition coefficient (Wildman–Crippen LogP) is -4.43. The van der Waals surface area contributed by atoms with Crippen LogP contribution in [-0.4, -0.2) is 81.7 Å². The van der Waals surface area contributed by atoms with Gasteiger partial charge in [0.2, 0.25) is 11.6 Å². The number of aliphatic hydroxyl groups excluding tert-OH is 3. The molecule has 112 valence electrons. The molecular weight excluding hydrogens is 286 g/mol. The third-order valence-electron chi connectivity index (χ3n) is 2.77. The average molecular weight is 301 g/mol. The second-order valence-corrected chi connectivity index (χ2v) is 5.64. The van der Waals surface area contributed by atoms with Crippen molar-refractivity contribution in [1.82, 2.24) is 0 Å². The number of hydrogen-bond donors (Lipinski definition) is 6. The maximum absolute atomic E-state index is 11.6. The van der Waals surface area contributed by atoms with E-state index in [1.165, 1.54) is 0 Å². The topological polar surface area (TPSA) is 188 Å². The fraction of sp³-hybridized carbons (Fsp3) is 0.875. The second kappa shape index (κ2) is 5.38. The Labute approximate surface area is 108 Å². The fourth-order valence-electron chi connectivity index (χ4n) is 1.71.